The van der Waals surface area contributed by atoms with Crippen molar-refractivity contribution in [3.8, 4) is 0 Å². The normalized spacial score (nSPS) is 22.5. The van der Waals surface area contributed by atoms with Crippen LogP contribution in [0.4, 0.5) is 4.79 Å². The molecule has 4 rings (SSSR count). The molecule has 2 aromatic carbocycles. The number of amides is 3. The largest absolute Gasteiger partial charge is 0.325 e. The summed E-state index contributed by atoms with van der Waals surface area (Å²) in [6.45, 7) is 1.58. The Kier molecular flexibility index (Phi) is 4.27. The summed E-state index contributed by atoms with van der Waals surface area (Å²) in [5.74, 6) is -0.676. The topological polar surface area (TPSA) is 66.5 Å². The number of urea groups is 1. The number of halogens is 1. The summed E-state index contributed by atoms with van der Waals surface area (Å²) in [4.78, 5) is 40.0. The number of imide groups is 1. The Hall–Kier alpha value is -2.66. The molecular weight excluding hydrogens is 364 g/mol. The summed E-state index contributed by atoms with van der Waals surface area (Å²) < 4.78 is 0. The maximum Gasteiger partial charge on any atom is 0.325 e. The molecule has 1 heterocycles. The SMILES string of the molecule is C[C@@H](C(=O)c1cccc(Cl)c1)N1C(=O)N[C@]2(CCCc3ccccc32)C1=O. The lowest BCUT2D eigenvalue weighted by atomic mass is 9.76. The fourth-order valence-electron chi connectivity index (χ4n) is 4.13. The van der Waals surface area contributed by atoms with Gasteiger partial charge in [0.05, 0.1) is 0 Å². The van der Waals surface area contributed by atoms with Gasteiger partial charge in [0.15, 0.2) is 5.78 Å². The van der Waals surface area contributed by atoms with E-state index in [4.69, 9.17) is 11.6 Å². The van der Waals surface area contributed by atoms with Crippen molar-refractivity contribution in [2.45, 2.75) is 37.8 Å². The minimum atomic E-state index is -1.07. The molecule has 1 saturated heterocycles. The highest BCUT2D eigenvalue weighted by atomic mass is 35.5. The standard InChI is InChI=1S/C21H19ClN2O3/c1-13(18(25)15-7-4-9-16(22)12-15)24-19(26)21(23-20(24)27)11-5-8-14-6-2-3-10-17(14)21/h2-4,6-7,9-10,12-13H,5,8,11H2,1H3,(H,23,27)/t13-,21-/m0/s1. The van der Waals surface area contributed by atoms with Gasteiger partial charge in [-0.3, -0.25) is 14.5 Å². The lowest BCUT2D eigenvalue weighted by molar-refractivity contribution is -0.133. The predicted molar refractivity (Wildman–Crippen MR) is 102 cm³/mol. The molecule has 0 saturated carbocycles. The predicted octanol–water partition coefficient (Wildman–Crippen LogP) is 3.69. The zero-order valence-electron chi connectivity index (χ0n) is 14.9. The number of carbonyl (C=O) groups excluding carboxylic acids is 3. The second-order valence-electron chi connectivity index (χ2n) is 7.07. The Morgan fingerprint density at radius 1 is 1.19 bits per heavy atom. The number of nitrogens with one attached hydrogen (secondary N) is 1. The molecule has 0 radical (unpaired) electrons. The Balaban J connectivity index is 1.69. The zero-order chi connectivity index (χ0) is 19.2. The molecule has 3 amide bonds. The number of Topliss-reactive ketones (excluding diaryl/α,β-unsaturated/α-hetero) is 1. The number of benzene rings is 2. The highest BCUT2D eigenvalue weighted by Gasteiger charge is 2.55. The Morgan fingerprint density at radius 3 is 2.74 bits per heavy atom. The Bertz CT molecular complexity index is 958. The van der Waals surface area contributed by atoms with E-state index in [9.17, 15) is 14.4 Å². The van der Waals surface area contributed by atoms with Crippen molar-refractivity contribution < 1.29 is 14.4 Å². The average molecular weight is 383 g/mol. The van der Waals surface area contributed by atoms with Crippen molar-refractivity contribution in [3.63, 3.8) is 0 Å². The third-order valence-electron chi connectivity index (χ3n) is 5.47. The van der Waals surface area contributed by atoms with Crippen LogP contribution in [0.1, 0.15) is 41.3 Å². The first-order valence-electron chi connectivity index (χ1n) is 8.98. The summed E-state index contributed by atoms with van der Waals surface area (Å²) in [5.41, 5.74) is 1.20. The molecule has 1 N–H and O–H groups in total. The summed E-state index contributed by atoms with van der Waals surface area (Å²) >= 11 is 5.97. The van der Waals surface area contributed by atoms with Gasteiger partial charge in [0, 0.05) is 10.6 Å². The monoisotopic (exact) mass is 382 g/mol. The Morgan fingerprint density at radius 2 is 1.96 bits per heavy atom. The van der Waals surface area contributed by atoms with E-state index in [0.717, 1.165) is 28.9 Å². The number of hydrogen-bond donors (Lipinski definition) is 1. The van der Waals surface area contributed by atoms with Crippen molar-refractivity contribution in [1.82, 2.24) is 10.2 Å². The van der Waals surface area contributed by atoms with Gasteiger partial charge in [-0.2, -0.15) is 0 Å². The lowest BCUT2D eigenvalue weighted by Gasteiger charge is -2.33. The minimum absolute atomic E-state index is 0.317. The van der Waals surface area contributed by atoms with E-state index in [2.05, 4.69) is 5.32 Å². The number of rotatable bonds is 3. The second kappa shape index (κ2) is 6.50. The maximum atomic E-state index is 13.4. The summed E-state index contributed by atoms with van der Waals surface area (Å²) in [6, 6.07) is 12.8. The van der Waals surface area contributed by atoms with Crippen molar-refractivity contribution in [3.05, 3.63) is 70.2 Å². The molecule has 1 aliphatic heterocycles. The van der Waals surface area contributed by atoms with Crippen LogP contribution in [0, 0.1) is 0 Å². The van der Waals surface area contributed by atoms with E-state index in [1.807, 2.05) is 24.3 Å². The number of ketones is 1. The third kappa shape index (κ3) is 2.73. The van der Waals surface area contributed by atoms with Gasteiger partial charge in [0.2, 0.25) is 0 Å². The molecule has 6 heteroatoms. The molecule has 2 aromatic rings. The number of nitrogens with zero attached hydrogens (tertiary/aromatic N) is 1. The van der Waals surface area contributed by atoms with E-state index in [1.165, 1.54) is 0 Å². The van der Waals surface area contributed by atoms with Crippen LogP contribution in [-0.4, -0.2) is 28.7 Å². The van der Waals surface area contributed by atoms with Gasteiger partial charge >= 0.3 is 6.03 Å². The Labute approximate surface area is 162 Å². The van der Waals surface area contributed by atoms with Crippen molar-refractivity contribution >= 4 is 29.3 Å². The number of fused-ring (bicyclic) bond motifs is 2. The summed E-state index contributed by atoms with van der Waals surface area (Å²) in [6.07, 6.45) is 2.20. The number of hydrogen-bond acceptors (Lipinski definition) is 3. The van der Waals surface area contributed by atoms with Crippen LogP contribution >= 0.6 is 11.6 Å². The fourth-order valence-corrected chi connectivity index (χ4v) is 4.32. The van der Waals surface area contributed by atoms with Crippen LogP contribution in [0.2, 0.25) is 5.02 Å². The van der Waals surface area contributed by atoms with Gasteiger partial charge in [-0.25, -0.2) is 4.79 Å². The molecule has 1 fully saturated rings. The lowest BCUT2D eigenvalue weighted by Crippen LogP contribution is -2.48. The molecule has 0 aromatic heterocycles. The van der Waals surface area contributed by atoms with Crippen LogP contribution in [-0.2, 0) is 16.8 Å². The molecule has 2 atom stereocenters. The van der Waals surface area contributed by atoms with E-state index < -0.39 is 17.6 Å². The fraction of sp³-hybridized carbons (Fsp3) is 0.286. The molecule has 0 unspecified atom stereocenters. The number of aryl methyl sites for hydroxylation is 1. The molecule has 1 spiro atoms. The van der Waals surface area contributed by atoms with Crippen LogP contribution in [0.25, 0.3) is 0 Å². The van der Waals surface area contributed by atoms with Gasteiger partial charge in [0.1, 0.15) is 11.6 Å². The van der Waals surface area contributed by atoms with Gasteiger partial charge in [-0.1, -0.05) is 48.0 Å². The van der Waals surface area contributed by atoms with Crippen molar-refractivity contribution in [2.24, 2.45) is 0 Å². The maximum absolute atomic E-state index is 13.4. The molecule has 0 bridgehead atoms. The van der Waals surface area contributed by atoms with Gasteiger partial charge in [-0.15, -0.1) is 0 Å². The van der Waals surface area contributed by atoms with Crippen LogP contribution < -0.4 is 5.32 Å². The summed E-state index contributed by atoms with van der Waals surface area (Å²) in [7, 11) is 0. The van der Waals surface area contributed by atoms with E-state index in [1.54, 1.807) is 31.2 Å². The molecule has 1 aliphatic carbocycles. The van der Waals surface area contributed by atoms with E-state index in [0.29, 0.717) is 17.0 Å². The molecule has 27 heavy (non-hydrogen) atoms. The average Bonchev–Trinajstić information content (AvgIpc) is 2.91. The second-order valence-corrected chi connectivity index (χ2v) is 7.51. The van der Waals surface area contributed by atoms with Crippen LogP contribution in [0.5, 0.6) is 0 Å². The molecular formula is C21H19ClN2O3. The molecule has 2 aliphatic rings. The van der Waals surface area contributed by atoms with Crippen molar-refractivity contribution in [1.29, 1.82) is 0 Å². The summed E-state index contributed by atoms with van der Waals surface area (Å²) in [5, 5.41) is 3.32. The van der Waals surface area contributed by atoms with Gasteiger partial charge in [-0.05, 0) is 49.4 Å². The zero-order valence-corrected chi connectivity index (χ0v) is 15.6. The first kappa shape index (κ1) is 17.7. The molecule has 138 valence electrons. The first-order chi connectivity index (χ1) is 12.9. The smallest absolute Gasteiger partial charge is 0.319 e. The first-order valence-corrected chi connectivity index (χ1v) is 9.36. The highest BCUT2D eigenvalue weighted by molar-refractivity contribution is 6.31. The third-order valence-corrected chi connectivity index (χ3v) is 5.71. The van der Waals surface area contributed by atoms with Gasteiger partial charge in [0.25, 0.3) is 5.91 Å². The minimum Gasteiger partial charge on any atom is -0.319 e. The quantitative estimate of drug-likeness (QED) is 0.650. The number of carbonyl (C=O) groups is 3. The van der Waals surface area contributed by atoms with Crippen LogP contribution in [0.3, 0.4) is 0 Å². The highest BCUT2D eigenvalue weighted by Crippen LogP contribution is 2.40. The van der Waals surface area contributed by atoms with Crippen molar-refractivity contribution in [2.75, 3.05) is 0 Å². The molecule has 5 nitrogen and oxygen atoms in total. The van der Waals surface area contributed by atoms with Crippen LogP contribution in [0.15, 0.2) is 48.5 Å². The van der Waals surface area contributed by atoms with E-state index in [-0.39, 0.29) is 11.7 Å². The van der Waals surface area contributed by atoms with E-state index >= 15 is 0 Å². The van der Waals surface area contributed by atoms with Gasteiger partial charge < -0.3 is 5.32 Å².